The van der Waals surface area contributed by atoms with Gasteiger partial charge in [-0.2, -0.15) is 0 Å². The maximum Gasteiger partial charge on any atom is 0.488 e. The predicted molar refractivity (Wildman–Crippen MR) is 31.2 cm³/mol. The standard InChI is InChI=1S/C3H7O4P.H3N/c1-3(4)2-7-8(5)6;/h3-4H,2H2,1H3;1H3/p+1. The monoisotopic (exact) mass is 156 g/mol. The largest absolute Gasteiger partial charge is 0.566 e. The molecule has 0 radical (unpaired) electrons. The summed E-state index contributed by atoms with van der Waals surface area (Å²) in [7, 11) is -2.79. The van der Waals surface area contributed by atoms with Crippen LogP contribution in [0.1, 0.15) is 6.92 Å². The molecule has 0 bridgehead atoms. The summed E-state index contributed by atoms with van der Waals surface area (Å²) in [5.41, 5.74) is 0. The molecule has 2 unspecified atom stereocenters. The molecule has 56 valence electrons. The van der Waals surface area contributed by atoms with Gasteiger partial charge in [0.25, 0.3) is 0 Å². The molecule has 0 saturated heterocycles. The highest BCUT2D eigenvalue weighted by molar-refractivity contribution is 7.30. The predicted octanol–water partition coefficient (Wildman–Crippen LogP) is -0.222. The zero-order valence-corrected chi connectivity index (χ0v) is 6.30. The van der Waals surface area contributed by atoms with Gasteiger partial charge in [0.1, 0.15) is 6.61 Å². The Kier molecular flexibility index (Phi) is 7.89. The maximum atomic E-state index is 9.61. The Bertz CT molecular complexity index is 85.9. The van der Waals surface area contributed by atoms with Crippen LogP contribution in [0.2, 0.25) is 0 Å². The number of aliphatic hydroxyl groups is 1. The van der Waals surface area contributed by atoms with Crippen molar-refractivity contribution < 1.29 is 19.1 Å². The van der Waals surface area contributed by atoms with Crippen molar-refractivity contribution in [3.63, 3.8) is 0 Å². The van der Waals surface area contributed by atoms with Crippen molar-refractivity contribution >= 4 is 8.25 Å². The van der Waals surface area contributed by atoms with E-state index in [1.807, 2.05) is 0 Å². The summed E-state index contributed by atoms with van der Waals surface area (Å²) in [6.07, 6.45) is -0.720. The van der Waals surface area contributed by atoms with E-state index in [0.29, 0.717) is 0 Å². The molecule has 0 rings (SSSR count). The van der Waals surface area contributed by atoms with Gasteiger partial charge in [-0.1, -0.05) is 0 Å². The summed E-state index contributed by atoms with van der Waals surface area (Å²) < 4.78 is 13.6. The maximum absolute atomic E-state index is 9.61. The van der Waals surface area contributed by atoms with Crippen molar-refractivity contribution in [2.75, 3.05) is 6.61 Å². The van der Waals surface area contributed by atoms with Crippen LogP contribution in [0.4, 0.5) is 0 Å². The highest BCUT2D eigenvalue weighted by atomic mass is 31.1. The minimum absolute atomic E-state index is 0. The van der Waals surface area contributed by atoms with Crippen LogP contribution in [0.5, 0.6) is 0 Å². The summed E-state index contributed by atoms with van der Waals surface area (Å²) in [6.45, 7) is 1.29. The summed E-state index contributed by atoms with van der Waals surface area (Å²) in [6, 6.07) is 0. The quantitative estimate of drug-likeness (QED) is 0.550. The molecule has 0 heterocycles. The van der Waals surface area contributed by atoms with E-state index in [1.165, 1.54) is 6.92 Å². The molecule has 0 aromatic rings. The molecule has 9 heavy (non-hydrogen) atoms. The highest BCUT2D eigenvalue weighted by Gasteiger charge is 2.03. The Hall–Kier alpha value is -0.0600. The first-order chi connectivity index (χ1) is 3.63. The lowest BCUT2D eigenvalue weighted by molar-refractivity contribution is -0.187. The van der Waals surface area contributed by atoms with Gasteiger partial charge in [-0.05, 0) is 11.5 Å². The fourth-order valence-electron chi connectivity index (χ4n) is 0.169. The molecule has 0 aliphatic rings. The van der Waals surface area contributed by atoms with Gasteiger partial charge in [0.2, 0.25) is 0 Å². The lowest BCUT2D eigenvalue weighted by atomic mass is 10.5. The average molecular weight is 156 g/mol. The topological polar surface area (TPSA) is 106 Å². The van der Waals surface area contributed by atoms with Crippen molar-refractivity contribution in [1.29, 1.82) is 0 Å². The van der Waals surface area contributed by atoms with E-state index in [0.717, 1.165) is 0 Å². The minimum atomic E-state index is -2.79. The number of rotatable bonds is 3. The first-order valence-electron chi connectivity index (χ1n) is 2.08. The zero-order chi connectivity index (χ0) is 6.57. The van der Waals surface area contributed by atoms with E-state index in [1.54, 1.807) is 0 Å². The van der Waals surface area contributed by atoms with Crippen LogP contribution in [0.15, 0.2) is 0 Å². The Labute approximate surface area is 54.2 Å². The second-order valence-corrected chi connectivity index (χ2v) is 2.07. The third-order valence-corrected chi connectivity index (χ3v) is 0.781. The molecule has 0 saturated carbocycles. The summed E-state index contributed by atoms with van der Waals surface area (Å²) in [5, 5.41) is 8.41. The number of quaternary nitrogens is 1. The van der Waals surface area contributed by atoms with Gasteiger partial charge in [0, 0.05) is 0 Å². The fourth-order valence-corrected chi connectivity index (χ4v) is 0.506. The molecule has 0 fully saturated rings. The molecular formula is C3H11NO4P+. The van der Waals surface area contributed by atoms with Gasteiger partial charge >= 0.3 is 8.25 Å². The van der Waals surface area contributed by atoms with Gasteiger partial charge in [0.05, 0.1) is 6.10 Å². The molecule has 0 aromatic heterocycles. The molecule has 2 atom stereocenters. The third-order valence-electron chi connectivity index (χ3n) is 0.421. The van der Waals surface area contributed by atoms with Gasteiger partial charge in [-0.15, -0.1) is 4.52 Å². The zero-order valence-electron chi connectivity index (χ0n) is 5.40. The van der Waals surface area contributed by atoms with Crippen LogP contribution in [-0.4, -0.2) is 17.8 Å². The molecule has 5 nitrogen and oxygen atoms in total. The highest BCUT2D eigenvalue weighted by Crippen LogP contribution is 2.07. The minimum Gasteiger partial charge on any atom is -0.566 e. The Morgan fingerprint density at radius 3 is 2.44 bits per heavy atom. The van der Waals surface area contributed by atoms with Gasteiger partial charge in [-0.3, -0.25) is 0 Å². The Morgan fingerprint density at radius 1 is 1.89 bits per heavy atom. The molecule has 0 amide bonds. The van der Waals surface area contributed by atoms with Crippen LogP contribution in [-0.2, 0) is 9.09 Å². The fraction of sp³-hybridized carbons (Fsp3) is 1.00. The lowest BCUT2D eigenvalue weighted by Gasteiger charge is -1.94. The van der Waals surface area contributed by atoms with Crippen molar-refractivity contribution in [3.8, 4) is 0 Å². The molecule has 0 aliphatic heterocycles. The molecular weight excluding hydrogens is 145 g/mol. The number of hydrogen-bond donors (Lipinski definition) is 2. The van der Waals surface area contributed by atoms with Crippen LogP contribution in [0.3, 0.4) is 0 Å². The summed E-state index contributed by atoms with van der Waals surface area (Å²) >= 11 is 0. The third kappa shape index (κ3) is 11.5. The second-order valence-electron chi connectivity index (χ2n) is 1.37. The van der Waals surface area contributed by atoms with Crippen LogP contribution in [0.25, 0.3) is 0 Å². The van der Waals surface area contributed by atoms with Crippen molar-refractivity contribution in [1.82, 2.24) is 6.15 Å². The normalized spacial score (nSPS) is 13.9. The first kappa shape index (κ1) is 11.7. The van der Waals surface area contributed by atoms with E-state index in [-0.39, 0.29) is 12.8 Å². The molecule has 5 N–H and O–H groups in total. The van der Waals surface area contributed by atoms with E-state index in [9.17, 15) is 9.46 Å². The summed E-state index contributed by atoms with van der Waals surface area (Å²) in [4.78, 5) is 9.61. The van der Waals surface area contributed by atoms with Gasteiger partial charge < -0.3 is 16.2 Å². The number of hydrogen-bond acceptors (Lipinski definition) is 4. The van der Waals surface area contributed by atoms with Gasteiger partial charge in [0.15, 0.2) is 0 Å². The van der Waals surface area contributed by atoms with E-state index in [2.05, 4.69) is 4.52 Å². The van der Waals surface area contributed by atoms with E-state index in [4.69, 9.17) is 5.11 Å². The molecule has 6 heteroatoms. The summed E-state index contributed by atoms with van der Waals surface area (Å²) in [5.74, 6) is 0. The van der Waals surface area contributed by atoms with Crippen LogP contribution < -0.4 is 11.0 Å². The second kappa shape index (κ2) is 6.07. The van der Waals surface area contributed by atoms with E-state index >= 15 is 0 Å². The average Bonchev–Trinajstić information content (AvgIpc) is 1.61. The number of aliphatic hydroxyl groups excluding tert-OH is 1. The SMILES string of the molecule is CC(O)CO[P+](=O)[O-].[NH4+]. The molecule has 0 aliphatic carbocycles. The van der Waals surface area contributed by atoms with Crippen molar-refractivity contribution in [2.45, 2.75) is 13.0 Å². The van der Waals surface area contributed by atoms with Crippen LogP contribution >= 0.6 is 8.25 Å². The first-order valence-corrected chi connectivity index (χ1v) is 3.18. The molecule has 0 spiro atoms. The molecule has 0 aromatic carbocycles. The Balaban J connectivity index is 0. The van der Waals surface area contributed by atoms with Gasteiger partial charge in [-0.25, -0.2) is 0 Å². The van der Waals surface area contributed by atoms with Crippen molar-refractivity contribution in [3.05, 3.63) is 0 Å². The Morgan fingerprint density at radius 2 is 2.33 bits per heavy atom. The van der Waals surface area contributed by atoms with Crippen molar-refractivity contribution in [2.24, 2.45) is 0 Å². The lowest BCUT2D eigenvalue weighted by Crippen LogP contribution is -2.08. The van der Waals surface area contributed by atoms with Crippen LogP contribution in [0, 0.1) is 0 Å². The van der Waals surface area contributed by atoms with E-state index < -0.39 is 14.4 Å². The smallest absolute Gasteiger partial charge is 0.488 e.